The summed E-state index contributed by atoms with van der Waals surface area (Å²) >= 11 is 0. The molecule has 1 aliphatic rings. The molecule has 33 heavy (non-hydrogen) atoms. The van der Waals surface area contributed by atoms with Crippen LogP contribution in [0.25, 0.3) is 0 Å². The van der Waals surface area contributed by atoms with Crippen LogP contribution in [0.5, 0.6) is 0 Å². The van der Waals surface area contributed by atoms with Crippen LogP contribution < -0.4 is 5.32 Å². The maximum Gasteiger partial charge on any atom is 0.230 e. The molecule has 6 nitrogen and oxygen atoms in total. The summed E-state index contributed by atoms with van der Waals surface area (Å²) in [5.74, 6) is -0.0616. The van der Waals surface area contributed by atoms with Gasteiger partial charge < -0.3 is 15.1 Å². The van der Waals surface area contributed by atoms with Crippen molar-refractivity contribution in [1.82, 2.24) is 14.8 Å². The van der Waals surface area contributed by atoms with Crippen LogP contribution in [-0.4, -0.2) is 53.3 Å². The van der Waals surface area contributed by atoms with Crippen LogP contribution >= 0.6 is 0 Å². The summed E-state index contributed by atoms with van der Waals surface area (Å²) in [6.45, 7) is 10.7. The van der Waals surface area contributed by atoms with Crippen molar-refractivity contribution < 1.29 is 9.59 Å². The Morgan fingerprint density at radius 2 is 1.70 bits per heavy atom. The van der Waals surface area contributed by atoms with Crippen LogP contribution in [0.3, 0.4) is 0 Å². The number of nitrogens with zero attached hydrogens (tertiary/aromatic N) is 3. The minimum absolute atomic E-state index is 0.0246. The molecule has 1 aromatic carbocycles. The molecule has 2 heterocycles. The molecule has 2 amide bonds. The SMILES string of the molecule is CN(C(=O)C(C)(C)CC(C)(C)C(=O)Nc1cccnc1)C(CN1CCCC1)c1ccccc1. The molecule has 178 valence electrons. The molecule has 1 unspecified atom stereocenters. The maximum absolute atomic E-state index is 13.8. The Labute approximate surface area is 198 Å². The number of anilines is 1. The van der Waals surface area contributed by atoms with Crippen LogP contribution in [-0.2, 0) is 9.59 Å². The van der Waals surface area contributed by atoms with E-state index in [0.29, 0.717) is 12.1 Å². The fraction of sp³-hybridized carbons (Fsp3) is 0.519. The summed E-state index contributed by atoms with van der Waals surface area (Å²) in [7, 11) is 1.90. The van der Waals surface area contributed by atoms with Gasteiger partial charge in [-0.25, -0.2) is 0 Å². The van der Waals surface area contributed by atoms with E-state index < -0.39 is 10.8 Å². The number of hydrogen-bond acceptors (Lipinski definition) is 4. The number of nitrogens with one attached hydrogen (secondary N) is 1. The number of carbonyl (C=O) groups is 2. The zero-order chi connectivity index (χ0) is 24.1. The molecule has 0 radical (unpaired) electrons. The molecule has 1 N–H and O–H groups in total. The highest BCUT2D eigenvalue weighted by Crippen LogP contribution is 2.37. The van der Waals surface area contributed by atoms with Crippen LogP contribution in [0.15, 0.2) is 54.9 Å². The number of carbonyl (C=O) groups excluding carboxylic acids is 2. The monoisotopic (exact) mass is 450 g/mol. The largest absolute Gasteiger partial charge is 0.337 e. The second kappa shape index (κ2) is 10.5. The van der Waals surface area contributed by atoms with Crippen molar-refractivity contribution in [2.45, 2.75) is 53.0 Å². The Balaban J connectivity index is 1.74. The normalized spacial score (nSPS) is 15.8. The van der Waals surface area contributed by atoms with E-state index in [9.17, 15) is 9.59 Å². The van der Waals surface area contributed by atoms with Gasteiger partial charge in [0.2, 0.25) is 11.8 Å². The summed E-state index contributed by atoms with van der Waals surface area (Å²) < 4.78 is 0. The van der Waals surface area contributed by atoms with Gasteiger partial charge in [0, 0.05) is 30.6 Å². The van der Waals surface area contributed by atoms with Crippen molar-refractivity contribution in [2.24, 2.45) is 10.8 Å². The van der Waals surface area contributed by atoms with Crippen molar-refractivity contribution in [3.63, 3.8) is 0 Å². The molecular formula is C27H38N4O2. The topological polar surface area (TPSA) is 65.5 Å². The van der Waals surface area contributed by atoms with Crippen LogP contribution in [0.2, 0.25) is 0 Å². The number of amides is 2. The predicted octanol–water partition coefficient (Wildman–Crippen LogP) is 4.76. The van der Waals surface area contributed by atoms with Gasteiger partial charge in [-0.1, -0.05) is 58.0 Å². The van der Waals surface area contributed by atoms with Gasteiger partial charge in [-0.3, -0.25) is 14.6 Å². The Morgan fingerprint density at radius 1 is 1.03 bits per heavy atom. The van der Waals surface area contributed by atoms with E-state index in [-0.39, 0.29) is 17.9 Å². The number of benzene rings is 1. The summed E-state index contributed by atoms with van der Waals surface area (Å²) in [5.41, 5.74) is 0.367. The minimum Gasteiger partial charge on any atom is -0.337 e. The van der Waals surface area contributed by atoms with Crippen LogP contribution in [0.4, 0.5) is 5.69 Å². The Kier molecular flexibility index (Phi) is 7.90. The molecule has 1 fully saturated rings. The number of rotatable bonds is 9. The van der Waals surface area contributed by atoms with Crippen LogP contribution in [0.1, 0.15) is 58.6 Å². The summed E-state index contributed by atoms with van der Waals surface area (Å²) in [5, 5.41) is 2.94. The molecule has 0 spiro atoms. The van der Waals surface area contributed by atoms with Gasteiger partial charge in [0.1, 0.15) is 0 Å². The predicted molar refractivity (Wildman–Crippen MR) is 133 cm³/mol. The van der Waals surface area contributed by atoms with Gasteiger partial charge in [0.15, 0.2) is 0 Å². The van der Waals surface area contributed by atoms with E-state index in [1.165, 1.54) is 12.8 Å². The third-order valence-corrected chi connectivity index (χ3v) is 6.60. The third kappa shape index (κ3) is 6.41. The van der Waals surface area contributed by atoms with Gasteiger partial charge in [-0.2, -0.15) is 0 Å². The second-order valence-corrected chi connectivity index (χ2v) is 10.5. The number of hydrogen-bond donors (Lipinski definition) is 1. The van der Waals surface area contributed by atoms with Gasteiger partial charge >= 0.3 is 0 Å². The van der Waals surface area contributed by atoms with Gasteiger partial charge in [-0.05, 0) is 50.0 Å². The minimum atomic E-state index is -0.729. The first-order chi connectivity index (χ1) is 15.6. The summed E-state index contributed by atoms with van der Waals surface area (Å²) in [6, 6.07) is 13.8. The molecule has 0 bridgehead atoms. The summed E-state index contributed by atoms with van der Waals surface area (Å²) in [4.78, 5) is 35.2. The van der Waals surface area contributed by atoms with Crippen molar-refractivity contribution in [3.8, 4) is 0 Å². The zero-order valence-electron chi connectivity index (χ0n) is 20.7. The van der Waals surface area contributed by atoms with Crippen molar-refractivity contribution >= 4 is 17.5 Å². The molecule has 1 aromatic heterocycles. The standard InChI is InChI=1S/C27H38N4O2/c1-26(2,24(32)29-22-14-11-15-28-18-22)20-27(3,4)25(33)30(5)23(19-31-16-9-10-17-31)21-12-7-6-8-13-21/h6-8,11-15,18,23H,9-10,16-17,19-20H2,1-5H3,(H,29,32). The fourth-order valence-corrected chi connectivity index (χ4v) is 4.95. The molecule has 1 atom stereocenters. The molecule has 0 saturated carbocycles. The van der Waals surface area contributed by atoms with Crippen LogP contribution in [0, 0.1) is 10.8 Å². The number of pyridine rings is 1. The van der Waals surface area contributed by atoms with Crippen molar-refractivity contribution in [1.29, 1.82) is 0 Å². The smallest absolute Gasteiger partial charge is 0.230 e. The molecular weight excluding hydrogens is 412 g/mol. The average Bonchev–Trinajstić information content (AvgIpc) is 3.30. The Hall–Kier alpha value is -2.73. The van der Waals surface area contributed by atoms with E-state index in [1.54, 1.807) is 18.5 Å². The average molecular weight is 451 g/mol. The fourth-order valence-electron chi connectivity index (χ4n) is 4.95. The molecule has 1 aliphatic heterocycles. The number of likely N-dealkylation sites (N-methyl/N-ethyl adjacent to an activating group) is 1. The molecule has 0 aliphatic carbocycles. The lowest BCUT2D eigenvalue weighted by atomic mass is 9.73. The van der Waals surface area contributed by atoms with E-state index in [1.807, 2.05) is 63.9 Å². The highest BCUT2D eigenvalue weighted by molar-refractivity contribution is 5.95. The van der Waals surface area contributed by atoms with E-state index in [0.717, 1.165) is 25.2 Å². The van der Waals surface area contributed by atoms with Crippen molar-refractivity contribution in [2.75, 3.05) is 32.0 Å². The van der Waals surface area contributed by atoms with E-state index >= 15 is 0 Å². The molecule has 2 aromatic rings. The van der Waals surface area contributed by atoms with Gasteiger partial charge in [-0.15, -0.1) is 0 Å². The lowest BCUT2D eigenvalue weighted by Gasteiger charge is -2.39. The van der Waals surface area contributed by atoms with Crippen molar-refractivity contribution in [3.05, 3.63) is 60.4 Å². The Morgan fingerprint density at radius 3 is 2.30 bits per heavy atom. The Bertz CT molecular complexity index is 922. The molecule has 6 heteroatoms. The lowest BCUT2D eigenvalue weighted by molar-refractivity contribution is -0.144. The first-order valence-corrected chi connectivity index (χ1v) is 11.9. The maximum atomic E-state index is 13.8. The highest BCUT2D eigenvalue weighted by atomic mass is 16.2. The lowest BCUT2D eigenvalue weighted by Crippen LogP contribution is -2.47. The third-order valence-electron chi connectivity index (χ3n) is 6.60. The molecule has 1 saturated heterocycles. The number of aromatic nitrogens is 1. The van der Waals surface area contributed by atoms with E-state index in [2.05, 4.69) is 27.3 Å². The van der Waals surface area contributed by atoms with Gasteiger partial charge in [0.05, 0.1) is 17.9 Å². The van der Waals surface area contributed by atoms with Gasteiger partial charge in [0.25, 0.3) is 0 Å². The highest BCUT2D eigenvalue weighted by Gasteiger charge is 2.41. The number of likely N-dealkylation sites (tertiary alicyclic amines) is 1. The first-order valence-electron chi connectivity index (χ1n) is 11.9. The van der Waals surface area contributed by atoms with E-state index in [4.69, 9.17) is 0 Å². The molecule has 3 rings (SSSR count). The second-order valence-electron chi connectivity index (χ2n) is 10.5. The first kappa shape index (κ1) is 24.9. The summed E-state index contributed by atoms with van der Waals surface area (Å²) in [6.07, 6.45) is 6.15. The zero-order valence-corrected chi connectivity index (χ0v) is 20.7. The quantitative estimate of drug-likeness (QED) is 0.598.